The molecule has 2 aromatic rings. The van der Waals surface area contributed by atoms with Gasteiger partial charge >= 0.3 is 0 Å². The quantitative estimate of drug-likeness (QED) is 0.268. The summed E-state index contributed by atoms with van der Waals surface area (Å²) in [5.74, 6) is 0.0460. The number of rotatable bonds is 10. The smallest absolute Gasteiger partial charge is 0.253 e. The molecule has 1 aliphatic rings. The third-order valence-corrected chi connectivity index (χ3v) is 5.87. The average molecular weight is 483 g/mol. The molecule has 1 fully saturated rings. The number of aliphatic hydroxyl groups is 1. The van der Waals surface area contributed by atoms with E-state index in [1.807, 2.05) is 42.5 Å². The number of hydrogen-bond acceptors (Lipinski definition) is 5. The molecule has 3 rings (SSSR count). The fourth-order valence-electron chi connectivity index (χ4n) is 3.96. The first kappa shape index (κ1) is 26.2. The van der Waals surface area contributed by atoms with E-state index in [1.165, 1.54) is 0 Å². The third-order valence-electron chi connectivity index (χ3n) is 5.87. The number of methoxy groups -OCH3 is 1. The summed E-state index contributed by atoms with van der Waals surface area (Å²) < 4.78 is 11.2. The van der Waals surface area contributed by atoms with Crippen molar-refractivity contribution in [2.45, 2.75) is 38.2 Å². The van der Waals surface area contributed by atoms with Gasteiger partial charge in [0.25, 0.3) is 5.91 Å². The van der Waals surface area contributed by atoms with E-state index in [-0.39, 0.29) is 30.3 Å². The molecule has 188 valence electrons. The number of nitrogens with two attached hydrogens (primary N) is 2. The number of aliphatic hydroxyl groups excluding tert-OH is 1. The van der Waals surface area contributed by atoms with Gasteiger partial charge in [-0.1, -0.05) is 24.3 Å². The van der Waals surface area contributed by atoms with Crippen molar-refractivity contribution in [3.05, 3.63) is 53.6 Å². The zero-order valence-electron chi connectivity index (χ0n) is 20.1. The van der Waals surface area contributed by atoms with Crippen LogP contribution in [0.15, 0.2) is 47.5 Å². The van der Waals surface area contributed by atoms with Crippen molar-refractivity contribution in [1.29, 1.82) is 0 Å². The Morgan fingerprint density at radius 3 is 2.46 bits per heavy atom. The van der Waals surface area contributed by atoms with Crippen LogP contribution in [0.4, 0.5) is 0 Å². The van der Waals surface area contributed by atoms with Crippen molar-refractivity contribution in [2.24, 2.45) is 16.5 Å². The molecule has 0 spiro atoms. The Bertz CT molecular complexity index is 1030. The van der Waals surface area contributed by atoms with Crippen LogP contribution in [0.2, 0.25) is 0 Å². The van der Waals surface area contributed by atoms with Crippen LogP contribution in [0.3, 0.4) is 0 Å². The number of piperidine rings is 1. The van der Waals surface area contributed by atoms with E-state index in [1.54, 1.807) is 12.0 Å². The Balaban J connectivity index is 1.76. The van der Waals surface area contributed by atoms with Gasteiger partial charge in [-0.15, -0.1) is 0 Å². The summed E-state index contributed by atoms with van der Waals surface area (Å²) >= 11 is 0. The lowest BCUT2D eigenvalue weighted by atomic mass is 9.99. The predicted octanol–water partition coefficient (Wildman–Crippen LogP) is 2.10. The summed E-state index contributed by atoms with van der Waals surface area (Å²) in [4.78, 5) is 30.0. The Morgan fingerprint density at radius 2 is 1.80 bits per heavy atom. The molecular formula is C26H34N4O5. The van der Waals surface area contributed by atoms with E-state index >= 15 is 0 Å². The number of likely N-dealkylation sites (tertiary alicyclic amines) is 1. The monoisotopic (exact) mass is 482 g/mol. The highest BCUT2D eigenvalue weighted by Gasteiger charge is 2.22. The summed E-state index contributed by atoms with van der Waals surface area (Å²) in [5, 5.41) is 9.68. The SMILES string of the molecule is COCCCOc1cc(CCC(=O)N=C(N)N)ccc1-c1ccc(C(=O)N2CCC(O)CC2)cc1. The molecule has 0 aromatic heterocycles. The third kappa shape index (κ3) is 7.80. The number of nitrogens with zero attached hydrogens (tertiary/aromatic N) is 2. The second kappa shape index (κ2) is 12.9. The van der Waals surface area contributed by atoms with E-state index in [9.17, 15) is 14.7 Å². The van der Waals surface area contributed by atoms with Crippen LogP contribution in [0, 0.1) is 0 Å². The second-order valence-corrected chi connectivity index (χ2v) is 8.56. The van der Waals surface area contributed by atoms with Crippen molar-refractivity contribution >= 4 is 17.8 Å². The summed E-state index contributed by atoms with van der Waals surface area (Å²) in [6.07, 6.45) is 2.29. The molecule has 0 atom stereocenters. The first-order valence-corrected chi connectivity index (χ1v) is 11.8. The van der Waals surface area contributed by atoms with E-state index in [0.29, 0.717) is 56.9 Å². The van der Waals surface area contributed by atoms with Crippen LogP contribution < -0.4 is 16.2 Å². The zero-order valence-corrected chi connectivity index (χ0v) is 20.1. The normalized spacial score (nSPS) is 13.9. The van der Waals surface area contributed by atoms with Crippen LogP contribution in [0.25, 0.3) is 11.1 Å². The highest BCUT2D eigenvalue weighted by molar-refractivity contribution is 5.95. The number of carbonyl (C=O) groups excluding carboxylic acids is 2. The molecule has 1 heterocycles. The summed E-state index contributed by atoms with van der Waals surface area (Å²) in [5.41, 5.74) is 13.9. The van der Waals surface area contributed by atoms with Gasteiger partial charge < -0.3 is 30.9 Å². The van der Waals surface area contributed by atoms with Crippen molar-refractivity contribution in [2.75, 3.05) is 33.4 Å². The van der Waals surface area contributed by atoms with Gasteiger partial charge in [-0.2, -0.15) is 4.99 Å². The standard InChI is InChI=1S/C26H34N4O5/c1-34-15-2-16-35-23-17-18(4-10-24(32)29-26(27)28)3-9-22(23)19-5-7-20(8-6-19)25(33)30-13-11-21(31)12-14-30/h3,5-9,17,21,31H,2,4,10-16H2,1H3,(H4,27,28,29,32). The number of amides is 2. The van der Waals surface area contributed by atoms with Gasteiger partial charge in [-0.25, -0.2) is 0 Å². The minimum Gasteiger partial charge on any atom is -0.493 e. The Hall–Kier alpha value is -3.43. The van der Waals surface area contributed by atoms with Gasteiger partial charge in [-0.3, -0.25) is 9.59 Å². The van der Waals surface area contributed by atoms with Crippen LogP contribution >= 0.6 is 0 Å². The highest BCUT2D eigenvalue weighted by atomic mass is 16.5. The Morgan fingerprint density at radius 1 is 1.09 bits per heavy atom. The number of carbonyl (C=O) groups is 2. The lowest BCUT2D eigenvalue weighted by Gasteiger charge is -2.29. The fraction of sp³-hybridized carbons (Fsp3) is 0.423. The number of ether oxygens (including phenoxy) is 2. The molecular weight excluding hydrogens is 448 g/mol. The fourth-order valence-corrected chi connectivity index (χ4v) is 3.96. The van der Waals surface area contributed by atoms with Crippen molar-refractivity contribution in [3.63, 3.8) is 0 Å². The molecule has 2 aromatic carbocycles. The maximum Gasteiger partial charge on any atom is 0.253 e. The summed E-state index contributed by atoms with van der Waals surface area (Å²) in [6.45, 7) is 2.20. The second-order valence-electron chi connectivity index (χ2n) is 8.56. The number of benzene rings is 2. The van der Waals surface area contributed by atoms with Crippen LogP contribution in [0.1, 0.15) is 41.6 Å². The predicted molar refractivity (Wildman–Crippen MR) is 134 cm³/mol. The number of guanidine groups is 1. The molecule has 1 saturated heterocycles. The average Bonchev–Trinajstić information content (AvgIpc) is 2.85. The molecule has 5 N–H and O–H groups in total. The van der Waals surface area contributed by atoms with Gasteiger partial charge in [0.1, 0.15) is 5.75 Å². The van der Waals surface area contributed by atoms with Gasteiger partial charge in [0.15, 0.2) is 5.96 Å². The molecule has 9 heteroatoms. The van der Waals surface area contributed by atoms with Gasteiger partial charge in [0.2, 0.25) is 5.91 Å². The van der Waals surface area contributed by atoms with Crippen LogP contribution in [-0.2, 0) is 16.0 Å². The first-order chi connectivity index (χ1) is 16.9. The van der Waals surface area contributed by atoms with E-state index in [4.69, 9.17) is 20.9 Å². The topological polar surface area (TPSA) is 140 Å². The molecule has 1 aliphatic heterocycles. The lowest BCUT2D eigenvalue weighted by Crippen LogP contribution is -2.40. The van der Waals surface area contributed by atoms with Crippen molar-refractivity contribution < 1.29 is 24.2 Å². The van der Waals surface area contributed by atoms with E-state index < -0.39 is 0 Å². The number of aliphatic imine (C=N–C) groups is 1. The molecule has 0 radical (unpaired) electrons. The molecule has 2 amide bonds. The maximum absolute atomic E-state index is 12.8. The number of aryl methyl sites for hydroxylation is 1. The van der Waals surface area contributed by atoms with Crippen molar-refractivity contribution in [3.8, 4) is 16.9 Å². The minimum absolute atomic E-state index is 0.0275. The first-order valence-electron chi connectivity index (χ1n) is 11.8. The summed E-state index contributed by atoms with van der Waals surface area (Å²) in [6, 6.07) is 13.3. The molecule has 0 saturated carbocycles. The van der Waals surface area contributed by atoms with Crippen molar-refractivity contribution in [1.82, 2.24) is 4.90 Å². The van der Waals surface area contributed by atoms with E-state index in [2.05, 4.69) is 4.99 Å². The summed E-state index contributed by atoms with van der Waals surface area (Å²) in [7, 11) is 1.65. The zero-order chi connectivity index (χ0) is 25.2. The Kier molecular flexibility index (Phi) is 9.63. The van der Waals surface area contributed by atoms with E-state index in [0.717, 1.165) is 23.1 Å². The molecule has 0 aliphatic carbocycles. The van der Waals surface area contributed by atoms with Crippen LogP contribution in [-0.4, -0.2) is 67.3 Å². The largest absolute Gasteiger partial charge is 0.493 e. The minimum atomic E-state index is -0.375. The molecule has 35 heavy (non-hydrogen) atoms. The van der Waals surface area contributed by atoms with Gasteiger partial charge in [0, 0.05) is 50.8 Å². The number of hydrogen-bond donors (Lipinski definition) is 3. The molecule has 0 bridgehead atoms. The maximum atomic E-state index is 12.8. The Labute approximate surface area is 205 Å². The van der Waals surface area contributed by atoms with Gasteiger partial charge in [0.05, 0.1) is 12.7 Å². The lowest BCUT2D eigenvalue weighted by molar-refractivity contribution is -0.117. The van der Waals surface area contributed by atoms with Gasteiger partial charge in [-0.05, 0) is 48.6 Å². The molecule has 0 unspecified atom stereocenters. The van der Waals surface area contributed by atoms with Crippen LogP contribution in [0.5, 0.6) is 5.75 Å². The highest BCUT2D eigenvalue weighted by Crippen LogP contribution is 2.32. The molecule has 9 nitrogen and oxygen atoms in total.